The van der Waals surface area contributed by atoms with Crippen molar-refractivity contribution in [3.8, 4) is 0 Å². The normalized spacial score (nSPS) is 10.5. The van der Waals surface area contributed by atoms with E-state index in [0.717, 1.165) is 26.3 Å². The van der Waals surface area contributed by atoms with E-state index in [-0.39, 0.29) is 29.6 Å². The third-order valence-electron chi connectivity index (χ3n) is 1.37. The van der Waals surface area contributed by atoms with Crippen molar-refractivity contribution in [2.24, 2.45) is 0 Å². The van der Waals surface area contributed by atoms with Crippen LogP contribution in [0.2, 0.25) is 0 Å². The zero-order chi connectivity index (χ0) is 8.69. The number of nitrogens with zero attached hydrogens (tertiary/aromatic N) is 2. The molecule has 4 heteroatoms. The molecular weight excluding hydrogens is 163 g/mol. The van der Waals surface area contributed by atoms with E-state index in [0.29, 0.717) is 0 Å². The molecule has 0 atom stereocenters. The number of hydrogen-bond donors (Lipinski definition) is 0. The van der Waals surface area contributed by atoms with E-state index in [9.17, 15) is 0 Å². The van der Waals surface area contributed by atoms with Crippen molar-refractivity contribution in [1.29, 1.82) is 0 Å². The maximum Gasteiger partial charge on any atom is 0.0593 e. The first-order valence-electron chi connectivity index (χ1n) is 4.00. The van der Waals surface area contributed by atoms with Gasteiger partial charge in [0, 0.05) is 42.6 Å². The Morgan fingerprint density at radius 1 is 0.833 bits per heavy atom. The molecule has 0 aliphatic heterocycles. The molecule has 1 radical (unpaired) electrons. The summed E-state index contributed by atoms with van der Waals surface area (Å²) in [6, 6.07) is 0. The summed E-state index contributed by atoms with van der Waals surface area (Å²) in [6.45, 7) is 3.68. The van der Waals surface area contributed by atoms with Crippen LogP contribution in [-0.4, -0.2) is 93.9 Å². The van der Waals surface area contributed by atoms with E-state index in [1.165, 1.54) is 0 Å². The summed E-state index contributed by atoms with van der Waals surface area (Å²) >= 11 is 0. The largest absolute Gasteiger partial charge is 0.379 e. The minimum Gasteiger partial charge on any atom is -0.379 e. The number of hydrogen-bond acceptors (Lipinski definition) is 3. The van der Waals surface area contributed by atoms with E-state index in [2.05, 4.69) is 38.0 Å². The van der Waals surface area contributed by atoms with Gasteiger partial charge >= 0.3 is 0 Å². The third kappa shape index (κ3) is 13.5. The third-order valence-corrected chi connectivity index (χ3v) is 1.37. The summed E-state index contributed by atoms with van der Waals surface area (Å²) in [7, 11) is 8.20. The molecule has 0 aromatic rings. The fourth-order valence-electron chi connectivity index (χ4n) is 0.596. The SMILES string of the molecule is CN(C)CCOCCN(C)C.[Na]. The van der Waals surface area contributed by atoms with Gasteiger partial charge in [-0.25, -0.2) is 0 Å². The molecular formula is C8H20N2NaO. The van der Waals surface area contributed by atoms with E-state index in [1.807, 2.05) is 0 Å². The van der Waals surface area contributed by atoms with Gasteiger partial charge in [-0.1, -0.05) is 0 Å². The van der Waals surface area contributed by atoms with Crippen LogP contribution in [0.5, 0.6) is 0 Å². The monoisotopic (exact) mass is 183 g/mol. The van der Waals surface area contributed by atoms with Gasteiger partial charge < -0.3 is 14.5 Å². The molecule has 0 fully saturated rings. The molecule has 0 spiro atoms. The molecule has 0 aliphatic rings. The van der Waals surface area contributed by atoms with Crippen molar-refractivity contribution < 1.29 is 4.74 Å². The van der Waals surface area contributed by atoms with Gasteiger partial charge in [-0.05, 0) is 28.2 Å². The summed E-state index contributed by atoms with van der Waals surface area (Å²) in [5.74, 6) is 0. The summed E-state index contributed by atoms with van der Waals surface area (Å²) in [4.78, 5) is 4.24. The van der Waals surface area contributed by atoms with Crippen LogP contribution in [0.25, 0.3) is 0 Å². The molecule has 69 valence electrons. The molecule has 3 nitrogen and oxygen atoms in total. The number of likely N-dealkylation sites (N-methyl/N-ethyl adjacent to an activating group) is 2. The quantitative estimate of drug-likeness (QED) is 0.417. The summed E-state index contributed by atoms with van der Waals surface area (Å²) in [6.07, 6.45) is 0. The van der Waals surface area contributed by atoms with E-state index < -0.39 is 0 Å². The summed E-state index contributed by atoms with van der Waals surface area (Å²) in [5.41, 5.74) is 0. The molecule has 0 amide bonds. The first kappa shape index (κ1) is 15.4. The van der Waals surface area contributed by atoms with Crippen LogP contribution < -0.4 is 0 Å². The first-order valence-corrected chi connectivity index (χ1v) is 4.00. The maximum absolute atomic E-state index is 5.37. The number of ether oxygens (including phenoxy) is 1. The molecule has 0 aromatic carbocycles. The molecule has 0 bridgehead atoms. The van der Waals surface area contributed by atoms with Gasteiger partial charge in [0.05, 0.1) is 13.2 Å². The molecule has 0 aliphatic carbocycles. The van der Waals surface area contributed by atoms with Crippen LogP contribution in [0, 0.1) is 0 Å². The molecule has 12 heavy (non-hydrogen) atoms. The number of rotatable bonds is 6. The van der Waals surface area contributed by atoms with Crippen LogP contribution >= 0.6 is 0 Å². The Morgan fingerprint density at radius 2 is 1.17 bits per heavy atom. The van der Waals surface area contributed by atoms with Gasteiger partial charge in [-0.3, -0.25) is 0 Å². The second-order valence-corrected chi connectivity index (χ2v) is 3.22. The first-order chi connectivity index (χ1) is 5.13. The molecule has 0 unspecified atom stereocenters. The maximum atomic E-state index is 5.37. The fraction of sp³-hybridized carbons (Fsp3) is 1.00. The fourth-order valence-corrected chi connectivity index (χ4v) is 0.596. The molecule has 0 heterocycles. The van der Waals surface area contributed by atoms with Gasteiger partial charge in [0.15, 0.2) is 0 Å². The molecule has 0 saturated carbocycles. The van der Waals surface area contributed by atoms with Crippen LogP contribution in [0.1, 0.15) is 0 Å². The van der Waals surface area contributed by atoms with Crippen LogP contribution in [0.3, 0.4) is 0 Å². The summed E-state index contributed by atoms with van der Waals surface area (Å²) < 4.78 is 5.37. The van der Waals surface area contributed by atoms with Gasteiger partial charge in [0.1, 0.15) is 0 Å². The minimum absolute atomic E-state index is 0. The van der Waals surface area contributed by atoms with E-state index in [4.69, 9.17) is 4.74 Å². The Kier molecular flexibility index (Phi) is 12.8. The van der Waals surface area contributed by atoms with Crippen molar-refractivity contribution in [2.75, 3.05) is 54.5 Å². The zero-order valence-corrected chi connectivity index (χ0v) is 11.1. The van der Waals surface area contributed by atoms with Crippen molar-refractivity contribution in [3.63, 3.8) is 0 Å². The predicted octanol–water partition coefficient (Wildman–Crippen LogP) is -0.255. The van der Waals surface area contributed by atoms with Crippen molar-refractivity contribution >= 4 is 29.6 Å². The van der Waals surface area contributed by atoms with E-state index >= 15 is 0 Å². The van der Waals surface area contributed by atoms with Gasteiger partial charge in [0.25, 0.3) is 0 Å². The predicted molar refractivity (Wildman–Crippen MR) is 53.7 cm³/mol. The van der Waals surface area contributed by atoms with Crippen LogP contribution in [-0.2, 0) is 4.74 Å². The Morgan fingerprint density at radius 3 is 1.42 bits per heavy atom. The Balaban J connectivity index is 0. The van der Waals surface area contributed by atoms with Crippen LogP contribution in [0.4, 0.5) is 0 Å². The molecule has 0 N–H and O–H groups in total. The Labute approximate surface area is 98.3 Å². The average Bonchev–Trinajstić information content (AvgIpc) is 1.85. The van der Waals surface area contributed by atoms with Crippen molar-refractivity contribution in [2.45, 2.75) is 0 Å². The molecule has 0 aromatic heterocycles. The van der Waals surface area contributed by atoms with Crippen molar-refractivity contribution in [3.05, 3.63) is 0 Å². The summed E-state index contributed by atoms with van der Waals surface area (Å²) in [5, 5.41) is 0. The van der Waals surface area contributed by atoms with E-state index in [1.54, 1.807) is 0 Å². The molecule has 0 rings (SSSR count). The standard InChI is InChI=1S/C8H20N2O.Na/c1-9(2)5-7-11-8-6-10(3)4;/h5-8H2,1-4H3;. The average molecular weight is 183 g/mol. The Hall–Kier alpha value is 0.880. The van der Waals surface area contributed by atoms with Gasteiger partial charge in [0.2, 0.25) is 0 Å². The second-order valence-electron chi connectivity index (χ2n) is 3.22. The second kappa shape index (κ2) is 9.96. The minimum atomic E-state index is 0. The van der Waals surface area contributed by atoms with Gasteiger partial charge in [-0.15, -0.1) is 0 Å². The smallest absolute Gasteiger partial charge is 0.0593 e. The van der Waals surface area contributed by atoms with Crippen molar-refractivity contribution in [1.82, 2.24) is 9.80 Å². The molecule has 0 saturated heterocycles. The Bertz CT molecular complexity index is 79.1. The van der Waals surface area contributed by atoms with Gasteiger partial charge in [-0.2, -0.15) is 0 Å². The topological polar surface area (TPSA) is 15.7 Å². The van der Waals surface area contributed by atoms with Crippen LogP contribution in [0.15, 0.2) is 0 Å². The zero-order valence-electron chi connectivity index (χ0n) is 9.13.